The molecule has 0 radical (unpaired) electrons. The monoisotopic (exact) mass is 416 g/mol. The van der Waals surface area contributed by atoms with Crippen molar-refractivity contribution in [1.29, 1.82) is 10.5 Å². The first-order chi connectivity index (χ1) is 15.1. The minimum absolute atomic E-state index is 0.268. The van der Waals surface area contributed by atoms with Crippen LogP contribution in [0.4, 0.5) is 0 Å². The van der Waals surface area contributed by atoms with E-state index in [2.05, 4.69) is 12.6 Å². The van der Waals surface area contributed by atoms with E-state index in [9.17, 15) is 5.11 Å². The molecule has 2 aromatic rings. The zero-order chi connectivity index (χ0) is 22.3. The predicted octanol–water partition coefficient (Wildman–Crippen LogP) is 6.56. The van der Waals surface area contributed by atoms with E-state index >= 15 is 0 Å². The molecule has 162 valence electrons. The average Bonchev–Trinajstić information content (AvgIpc) is 2.82. The Balaban J connectivity index is 1.50. The molecule has 0 fully saturated rings. The van der Waals surface area contributed by atoms with Crippen molar-refractivity contribution in [1.82, 2.24) is 0 Å². The van der Waals surface area contributed by atoms with E-state index in [0.717, 1.165) is 42.7 Å². The van der Waals surface area contributed by atoms with Crippen LogP contribution in [0.25, 0.3) is 11.1 Å². The van der Waals surface area contributed by atoms with Gasteiger partial charge in [-0.3, -0.25) is 0 Å². The van der Waals surface area contributed by atoms with Gasteiger partial charge in [0, 0.05) is 0 Å². The maximum absolute atomic E-state index is 9.66. The number of nitriles is 2. The summed E-state index contributed by atoms with van der Waals surface area (Å²) in [5.74, 6) is 0.888. The molecule has 0 bridgehead atoms. The Bertz CT molecular complexity index is 873. The van der Waals surface area contributed by atoms with Crippen molar-refractivity contribution in [2.75, 3.05) is 6.61 Å². The van der Waals surface area contributed by atoms with Crippen LogP contribution in [0.1, 0.15) is 63.4 Å². The SMILES string of the molecule is C=C(C#N)C(O)CCCCCCCCCCOc1ccc(-c2ccc(C#N)cc2)cc1. The number of unbranched alkanes of at least 4 members (excludes halogenated alkanes) is 7. The van der Waals surface area contributed by atoms with Crippen LogP contribution in [-0.2, 0) is 0 Å². The maximum atomic E-state index is 9.66. The van der Waals surface area contributed by atoms with Crippen LogP contribution in [-0.4, -0.2) is 17.8 Å². The maximum Gasteiger partial charge on any atom is 0.119 e. The summed E-state index contributed by atoms with van der Waals surface area (Å²) >= 11 is 0. The minimum atomic E-state index is -0.669. The van der Waals surface area contributed by atoms with Gasteiger partial charge in [-0.15, -0.1) is 0 Å². The molecular formula is C27H32N2O2. The number of hydrogen-bond acceptors (Lipinski definition) is 4. The van der Waals surface area contributed by atoms with E-state index < -0.39 is 6.10 Å². The molecule has 4 nitrogen and oxygen atoms in total. The highest BCUT2D eigenvalue weighted by Crippen LogP contribution is 2.23. The molecule has 4 heteroatoms. The van der Waals surface area contributed by atoms with Gasteiger partial charge in [0.05, 0.1) is 36.0 Å². The number of benzene rings is 2. The van der Waals surface area contributed by atoms with Gasteiger partial charge in [-0.05, 0) is 48.2 Å². The molecular weight excluding hydrogens is 384 g/mol. The summed E-state index contributed by atoms with van der Waals surface area (Å²) in [4.78, 5) is 0. The van der Waals surface area contributed by atoms with E-state index in [-0.39, 0.29) is 5.57 Å². The Kier molecular flexibility index (Phi) is 10.9. The first-order valence-corrected chi connectivity index (χ1v) is 11.1. The topological polar surface area (TPSA) is 77.0 Å². The van der Waals surface area contributed by atoms with Crippen LogP contribution in [0.3, 0.4) is 0 Å². The molecule has 0 spiro atoms. The molecule has 0 aliphatic rings. The van der Waals surface area contributed by atoms with Crippen molar-refractivity contribution in [2.45, 2.75) is 63.9 Å². The van der Waals surface area contributed by atoms with Gasteiger partial charge < -0.3 is 9.84 Å². The molecule has 1 atom stereocenters. The second kappa shape index (κ2) is 14.0. The van der Waals surface area contributed by atoms with Crippen LogP contribution in [0.2, 0.25) is 0 Å². The van der Waals surface area contributed by atoms with Crippen LogP contribution in [0.15, 0.2) is 60.7 Å². The van der Waals surface area contributed by atoms with Crippen LogP contribution < -0.4 is 4.74 Å². The minimum Gasteiger partial charge on any atom is -0.494 e. The zero-order valence-corrected chi connectivity index (χ0v) is 18.2. The van der Waals surface area contributed by atoms with Gasteiger partial charge >= 0.3 is 0 Å². The van der Waals surface area contributed by atoms with Crippen LogP contribution >= 0.6 is 0 Å². The van der Waals surface area contributed by atoms with Gasteiger partial charge in [-0.2, -0.15) is 10.5 Å². The summed E-state index contributed by atoms with van der Waals surface area (Å²) in [6.07, 6.45) is 9.07. The van der Waals surface area contributed by atoms with Crippen LogP contribution in [0, 0.1) is 22.7 Å². The number of rotatable bonds is 14. The Labute approximate surface area is 186 Å². The number of aliphatic hydroxyl groups is 1. The summed E-state index contributed by atoms with van der Waals surface area (Å²) in [5, 5.41) is 27.2. The van der Waals surface area contributed by atoms with Gasteiger partial charge in [0.25, 0.3) is 0 Å². The van der Waals surface area contributed by atoms with Crippen molar-refractivity contribution in [3.8, 4) is 29.0 Å². The van der Waals surface area contributed by atoms with Gasteiger partial charge in [0.2, 0.25) is 0 Å². The summed E-state index contributed by atoms with van der Waals surface area (Å²) in [5.41, 5.74) is 3.14. The van der Waals surface area contributed by atoms with Crippen molar-refractivity contribution in [3.05, 3.63) is 66.2 Å². The predicted molar refractivity (Wildman–Crippen MR) is 124 cm³/mol. The summed E-state index contributed by atoms with van der Waals surface area (Å²) in [6.45, 7) is 4.28. The van der Waals surface area contributed by atoms with Crippen molar-refractivity contribution >= 4 is 0 Å². The smallest absolute Gasteiger partial charge is 0.119 e. The third-order valence-corrected chi connectivity index (χ3v) is 5.39. The van der Waals surface area contributed by atoms with Gasteiger partial charge in [-0.25, -0.2) is 0 Å². The summed E-state index contributed by atoms with van der Waals surface area (Å²) in [6, 6.07) is 19.7. The van der Waals surface area contributed by atoms with Gasteiger partial charge in [0.15, 0.2) is 0 Å². The first kappa shape index (κ1) is 24.2. The Morgan fingerprint density at radius 2 is 1.32 bits per heavy atom. The summed E-state index contributed by atoms with van der Waals surface area (Å²) in [7, 11) is 0. The fraction of sp³-hybridized carbons (Fsp3) is 0.407. The normalized spacial score (nSPS) is 11.3. The highest BCUT2D eigenvalue weighted by Gasteiger charge is 2.07. The number of hydrogen-bond donors (Lipinski definition) is 1. The fourth-order valence-corrected chi connectivity index (χ4v) is 3.42. The first-order valence-electron chi connectivity index (χ1n) is 11.1. The van der Waals surface area contributed by atoms with E-state index in [1.54, 1.807) is 0 Å². The molecule has 0 saturated heterocycles. The molecule has 31 heavy (non-hydrogen) atoms. The lowest BCUT2D eigenvalue weighted by Crippen LogP contribution is -2.07. The Hall–Kier alpha value is -3.08. The lowest BCUT2D eigenvalue weighted by molar-refractivity contribution is 0.201. The van der Waals surface area contributed by atoms with Gasteiger partial charge in [0.1, 0.15) is 5.75 Å². The molecule has 0 aliphatic carbocycles. The Morgan fingerprint density at radius 1 is 0.806 bits per heavy atom. The lowest BCUT2D eigenvalue weighted by atomic mass is 10.0. The highest BCUT2D eigenvalue weighted by atomic mass is 16.5. The quantitative estimate of drug-likeness (QED) is 0.280. The molecule has 1 unspecified atom stereocenters. The second-order valence-corrected chi connectivity index (χ2v) is 7.83. The van der Waals surface area contributed by atoms with Crippen molar-refractivity contribution < 1.29 is 9.84 Å². The van der Waals surface area contributed by atoms with Gasteiger partial charge in [-0.1, -0.05) is 75.8 Å². The molecule has 0 aliphatic heterocycles. The molecule has 0 amide bonds. The second-order valence-electron chi connectivity index (χ2n) is 7.83. The number of nitrogens with zero attached hydrogens (tertiary/aromatic N) is 2. The number of aliphatic hydroxyl groups excluding tert-OH is 1. The molecule has 2 aromatic carbocycles. The third-order valence-electron chi connectivity index (χ3n) is 5.39. The largest absolute Gasteiger partial charge is 0.494 e. The van der Waals surface area contributed by atoms with E-state index in [1.807, 2.05) is 54.6 Å². The molecule has 1 N–H and O–H groups in total. The zero-order valence-electron chi connectivity index (χ0n) is 18.2. The molecule has 0 saturated carbocycles. The van der Waals surface area contributed by atoms with Crippen molar-refractivity contribution in [3.63, 3.8) is 0 Å². The van der Waals surface area contributed by atoms with E-state index in [0.29, 0.717) is 12.0 Å². The highest BCUT2D eigenvalue weighted by molar-refractivity contribution is 5.64. The number of ether oxygens (including phenoxy) is 1. The van der Waals surface area contributed by atoms with E-state index in [1.165, 1.54) is 32.1 Å². The Morgan fingerprint density at radius 3 is 1.87 bits per heavy atom. The molecule has 2 rings (SSSR count). The third kappa shape index (κ3) is 9.08. The average molecular weight is 417 g/mol. The van der Waals surface area contributed by atoms with Crippen molar-refractivity contribution in [2.24, 2.45) is 0 Å². The lowest BCUT2D eigenvalue weighted by Gasteiger charge is -2.08. The van der Waals surface area contributed by atoms with E-state index in [4.69, 9.17) is 15.3 Å². The fourth-order valence-electron chi connectivity index (χ4n) is 3.42. The van der Waals surface area contributed by atoms with Crippen LogP contribution in [0.5, 0.6) is 5.75 Å². The summed E-state index contributed by atoms with van der Waals surface area (Å²) < 4.78 is 5.85. The standard InChI is InChI=1S/C27H32N2O2/c1-22(20-28)27(30)10-8-6-4-2-3-5-7-9-19-31-26-17-15-25(16-18-26)24-13-11-23(21-29)12-14-24/h11-18,27,30H,1-10,19H2. The molecule has 0 aromatic heterocycles. The molecule has 0 heterocycles.